The number of carbonyl (C=O) groups excluding carboxylic acids is 1. The van der Waals surface area contributed by atoms with Gasteiger partial charge in [0.2, 0.25) is 5.95 Å². The Morgan fingerprint density at radius 2 is 1.82 bits per heavy atom. The molecule has 1 aliphatic heterocycles. The molecule has 0 spiro atoms. The number of piperazine rings is 1. The van der Waals surface area contributed by atoms with Crippen LogP contribution < -0.4 is 24.4 Å². The number of hydrogen-bond acceptors (Lipinski definition) is 9. The van der Waals surface area contributed by atoms with Crippen LogP contribution in [0.4, 0.5) is 35.4 Å². The third-order valence-corrected chi connectivity index (χ3v) is 7.46. The number of benzene rings is 2. The summed E-state index contributed by atoms with van der Waals surface area (Å²) in [7, 11) is 2.91. The average molecular weight is 637 g/mol. The van der Waals surface area contributed by atoms with Gasteiger partial charge in [-0.1, -0.05) is 11.6 Å². The van der Waals surface area contributed by atoms with Gasteiger partial charge in [0.1, 0.15) is 5.82 Å². The van der Waals surface area contributed by atoms with Gasteiger partial charge in [-0.3, -0.25) is 9.80 Å². The molecule has 0 bridgehead atoms. The highest BCUT2D eigenvalue weighted by Gasteiger charge is 2.32. The molecule has 10 nitrogen and oxygen atoms in total. The first-order valence-electron chi connectivity index (χ1n) is 14.1. The topological polar surface area (TPSA) is 92.3 Å². The van der Waals surface area contributed by atoms with E-state index in [9.17, 15) is 18.0 Å². The highest BCUT2D eigenvalue weighted by molar-refractivity contribution is 6.32. The summed E-state index contributed by atoms with van der Waals surface area (Å²) in [5.41, 5.74) is -0.390. The van der Waals surface area contributed by atoms with Gasteiger partial charge in [-0.15, -0.1) is 0 Å². The summed E-state index contributed by atoms with van der Waals surface area (Å²) in [6.45, 7) is 10.3. The van der Waals surface area contributed by atoms with Gasteiger partial charge < -0.3 is 24.4 Å². The smallest absolute Gasteiger partial charge is 0.420 e. The Kier molecular flexibility index (Phi) is 11.1. The second kappa shape index (κ2) is 14.8. The maximum Gasteiger partial charge on any atom is 0.420 e. The van der Waals surface area contributed by atoms with E-state index in [0.717, 1.165) is 56.2 Å². The summed E-state index contributed by atoms with van der Waals surface area (Å²) in [6.07, 6.45) is -3.30. The number of halogens is 4. The molecule has 3 aromatic rings. The van der Waals surface area contributed by atoms with Crippen LogP contribution in [0.3, 0.4) is 0 Å². The number of alkyl halides is 3. The standard InChI is InChI=1S/C30H36ClF3N6O4/c1-20(2)40-15-13-39(14-16-40)12-5-17-43-24-9-7-22(19-26(24)42-4)36-28-35-11-10-27(37-28)38(3)29(41)44-25-18-21(30(32,33)34)6-8-23(25)31/h6-11,18-20H,5,12-17H2,1-4H3,(H,35,36,37). The van der Waals surface area contributed by atoms with Gasteiger partial charge in [0.05, 0.1) is 24.3 Å². The number of carbonyl (C=O) groups is 1. The molecule has 2 heterocycles. The summed E-state index contributed by atoms with van der Waals surface area (Å²) in [4.78, 5) is 27.2. The van der Waals surface area contributed by atoms with E-state index in [-0.39, 0.29) is 16.8 Å². The molecule has 0 atom stereocenters. The molecule has 0 radical (unpaired) electrons. The molecule has 1 saturated heterocycles. The molecule has 1 N–H and O–H groups in total. The van der Waals surface area contributed by atoms with Crippen LogP contribution in [-0.4, -0.2) is 85.4 Å². The van der Waals surface area contributed by atoms with Crippen molar-refractivity contribution in [1.29, 1.82) is 0 Å². The molecule has 14 heteroatoms. The van der Waals surface area contributed by atoms with Crippen molar-refractivity contribution >= 4 is 35.1 Å². The van der Waals surface area contributed by atoms with Crippen molar-refractivity contribution in [2.45, 2.75) is 32.5 Å². The van der Waals surface area contributed by atoms with Crippen LogP contribution in [0.15, 0.2) is 48.7 Å². The minimum atomic E-state index is -4.62. The molecule has 1 amide bonds. The van der Waals surface area contributed by atoms with Gasteiger partial charge in [0.15, 0.2) is 17.2 Å². The van der Waals surface area contributed by atoms with Gasteiger partial charge >= 0.3 is 12.3 Å². The van der Waals surface area contributed by atoms with Gasteiger partial charge in [-0.25, -0.2) is 9.78 Å². The van der Waals surface area contributed by atoms with Crippen molar-refractivity contribution in [3.63, 3.8) is 0 Å². The van der Waals surface area contributed by atoms with Crippen molar-refractivity contribution in [3.05, 3.63) is 59.2 Å². The first-order chi connectivity index (χ1) is 20.9. The Hall–Kier alpha value is -3.81. The van der Waals surface area contributed by atoms with Crippen molar-refractivity contribution < 1.29 is 32.2 Å². The first-order valence-corrected chi connectivity index (χ1v) is 14.5. The number of hydrogen-bond donors (Lipinski definition) is 1. The molecule has 4 rings (SSSR count). The summed E-state index contributed by atoms with van der Waals surface area (Å²) in [6, 6.07) is 9.81. The van der Waals surface area contributed by atoms with Gasteiger partial charge in [0, 0.05) is 63.8 Å². The lowest BCUT2D eigenvalue weighted by atomic mass is 10.2. The number of ether oxygens (including phenoxy) is 3. The molecular weight excluding hydrogens is 601 g/mol. The highest BCUT2D eigenvalue weighted by Crippen LogP contribution is 2.35. The van der Waals surface area contributed by atoms with Crippen molar-refractivity contribution in [2.75, 3.05) is 63.7 Å². The Labute approximate surface area is 259 Å². The first kappa shape index (κ1) is 33.1. The lowest BCUT2D eigenvalue weighted by Crippen LogP contribution is -2.49. The number of anilines is 3. The average Bonchev–Trinajstić information content (AvgIpc) is 3.00. The van der Waals surface area contributed by atoms with Gasteiger partial charge in [0.25, 0.3) is 0 Å². The highest BCUT2D eigenvalue weighted by atomic mass is 35.5. The molecule has 0 aliphatic carbocycles. The van der Waals surface area contributed by atoms with Crippen LogP contribution in [0.5, 0.6) is 17.2 Å². The molecule has 0 unspecified atom stereocenters. The lowest BCUT2D eigenvalue weighted by molar-refractivity contribution is -0.137. The summed E-state index contributed by atoms with van der Waals surface area (Å²) >= 11 is 5.95. The lowest BCUT2D eigenvalue weighted by Gasteiger charge is -2.36. The van der Waals surface area contributed by atoms with E-state index in [0.29, 0.717) is 35.9 Å². The van der Waals surface area contributed by atoms with E-state index in [2.05, 4.69) is 38.9 Å². The fourth-order valence-corrected chi connectivity index (χ4v) is 4.73. The van der Waals surface area contributed by atoms with Crippen LogP contribution in [-0.2, 0) is 6.18 Å². The van der Waals surface area contributed by atoms with E-state index in [1.165, 1.54) is 19.3 Å². The van der Waals surface area contributed by atoms with Crippen LogP contribution in [0.25, 0.3) is 0 Å². The summed E-state index contributed by atoms with van der Waals surface area (Å²) in [5.74, 6) is 0.994. The van der Waals surface area contributed by atoms with E-state index in [1.54, 1.807) is 25.3 Å². The monoisotopic (exact) mass is 636 g/mol. The molecule has 1 fully saturated rings. The maximum atomic E-state index is 13.1. The number of nitrogens with one attached hydrogen (secondary N) is 1. The molecule has 238 valence electrons. The predicted molar refractivity (Wildman–Crippen MR) is 162 cm³/mol. The Morgan fingerprint density at radius 3 is 2.50 bits per heavy atom. The SMILES string of the molecule is COc1cc(Nc2nccc(N(C)C(=O)Oc3cc(C(F)(F)F)ccc3Cl)n2)ccc1OCCCN1CCN(C(C)C)CC1. The summed E-state index contributed by atoms with van der Waals surface area (Å²) < 4.78 is 55.9. The molecule has 1 aliphatic rings. The number of methoxy groups -OCH3 is 1. The third-order valence-electron chi connectivity index (χ3n) is 7.15. The number of aromatic nitrogens is 2. The minimum absolute atomic E-state index is 0.133. The molecule has 0 saturated carbocycles. The zero-order valence-electron chi connectivity index (χ0n) is 25.0. The van der Waals surface area contributed by atoms with E-state index in [4.69, 9.17) is 25.8 Å². The van der Waals surface area contributed by atoms with Crippen LogP contribution in [0.1, 0.15) is 25.8 Å². The molecule has 1 aromatic heterocycles. The predicted octanol–water partition coefficient (Wildman–Crippen LogP) is 6.33. The molecule has 2 aromatic carbocycles. The second-order valence-electron chi connectivity index (χ2n) is 10.5. The van der Waals surface area contributed by atoms with E-state index >= 15 is 0 Å². The summed E-state index contributed by atoms with van der Waals surface area (Å²) in [5, 5.41) is 2.90. The Balaban J connectivity index is 1.32. The quantitative estimate of drug-likeness (QED) is 0.242. The minimum Gasteiger partial charge on any atom is -0.493 e. The molecular formula is C30H36ClF3N6O4. The van der Waals surface area contributed by atoms with Crippen LogP contribution in [0.2, 0.25) is 5.02 Å². The fraction of sp³-hybridized carbons (Fsp3) is 0.433. The van der Waals surface area contributed by atoms with E-state index < -0.39 is 23.6 Å². The van der Waals surface area contributed by atoms with Crippen molar-refractivity contribution in [1.82, 2.24) is 19.8 Å². The van der Waals surface area contributed by atoms with Crippen LogP contribution in [0, 0.1) is 0 Å². The number of amides is 1. The largest absolute Gasteiger partial charge is 0.493 e. The third kappa shape index (κ3) is 8.87. The molecule has 44 heavy (non-hydrogen) atoms. The van der Waals surface area contributed by atoms with Crippen LogP contribution >= 0.6 is 11.6 Å². The van der Waals surface area contributed by atoms with Gasteiger partial charge in [-0.2, -0.15) is 18.2 Å². The van der Waals surface area contributed by atoms with Gasteiger partial charge in [-0.05, 0) is 56.7 Å². The Bertz CT molecular complexity index is 1420. The Morgan fingerprint density at radius 1 is 1.07 bits per heavy atom. The normalized spacial score (nSPS) is 14.4. The number of rotatable bonds is 11. The zero-order chi connectivity index (χ0) is 31.9. The van der Waals surface area contributed by atoms with Crippen molar-refractivity contribution in [3.8, 4) is 17.2 Å². The van der Waals surface area contributed by atoms with E-state index in [1.807, 2.05) is 0 Å². The second-order valence-corrected chi connectivity index (χ2v) is 10.9. The zero-order valence-corrected chi connectivity index (χ0v) is 25.8. The fourth-order valence-electron chi connectivity index (χ4n) is 4.58. The maximum absolute atomic E-state index is 13.1. The number of nitrogens with zero attached hydrogens (tertiary/aromatic N) is 5. The van der Waals surface area contributed by atoms with Crippen molar-refractivity contribution in [2.24, 2.45) is 0 Å².